The quantitative estimate of drug-likeness (QED) is 0.413. The molecule has 1 saturated carbocycles. The van der Waals surface area contributed by atoms with Gasteiger partial charge in [-0.3, -0.25) is 4.98 Å². The van der Waals surface area contributed by atoms with Gasteiger partial charge < -0.3 is 15.3 Å². The minimum Gasteiger partial charge on any atom is -0.465 e. The van der Waals surface area contributed by atoms with E-state index >= 15 is 0 Å². The third-order valence-electron chi connectivity index (χ3n) is 7.42. The van der Waals surface area contributed by atoms with Crippen molar-refractivity contribution in [1.29, 1.82) is 0 Å². The van der Waals surface area contributed by atoms with Crippen LogP contribution in [0.2, 0.25) is 0 Å². The predicted molar refractivity (Wildman–Crippen MR) is 138 cm³/mol. The number of nitrogens with zero attached hydrogens (tertiary/aromatic N) is 3. The highest BCUT2D eigenvalue weighted by atomic mass is 32.2. The van der Waals surface area contributed by atoms with Crippen LogP contribution in [-0.2, 0) is 16.0 Å². The number of halogens is 3. The highest BCUT2D eigenvalue weighted by Gasteiger charge is 2.34. The van der Waals surface area contributed by atoms with Crippen molar-refractivity contribution in [3.63, 3.8) is 0 Å². The molecular weight excluding hydrogens is 533 g/mol. The number of benzene rings is 1. The van der Waals surface area contributed by atoms with Gasteiger partial charge in [0.15, 0.2) is 9.84 Å². The molecule has 2 N–H and O–H groups in total. The Balaban J connectivity index is 1.19. The minimum absolute atomic E-state index is 0.0420. The average Bonchev–Trinajstić information content (AvgIpc) is 2.88. The summed E-state index contributed by atoms with van der Waals surface area (Å²) in [7, 11) is -3.55. The summed E-state index contributed by atoms with van der Waals surface area (Å²) < 4.78 is 64.8. The van der Waals surface area contributed by atoms with Crippen molar-refractivity contribution in [3.05, 3.63) is 72.2 Å². The lowest BCUT2D eigenvalue weighted by Gasteiger charge is -2.36. The maximum atomic E-state index is 13.3. The Hall–Kier alpha value is -3.67. The summed E-state index contributed by atoms with van der Waals surface area (Å²) >= 11 is 0. The van der Waals surface area contributed by atoms with Crippen LogP contribution in [0.1, 0.15) is 42.9 Å². The van der Waals surface area contributed by atoms with Gasteiger partial charge in [-0.05, 0) is 73.2 Å². The van der Waals surface area contributed by atoms with Crippen LogP contribution in [0, 0.1) is 0 Å². The van der Waals surface area contributed by atoms with Crippen LogP contribution in [-0.4, -0.2) is 58.9 Å². The van der Waals surface area contributed by atoms with Gasteiger partial charge in [0.25, 0.3) is 0 Å². The Morgan fingerprint density at radius 1 is 0.949 bits per heavy atom. The zero-order chi connectivity index (χ0) is 27.8. The number of aromatic nitrogens is 2. The van der Waals surface area contributed by atoms with Crippen molar-refractivity contribution in [2.45, 2.75) is 54.0 Å². The molecule has 1 amide bonds. The first kappa shape index (κ1) is 26.9. The highest BCUT2D eigenvalue weighted by Crippen LogP contribution is 2.33. The van der Waals surface area contributed by atoms with E-state index in [4.69, 9.17) is 5.11 Å². The second-order valence-corrected chi connectivity index (χ2v) is 12.2. The molecule has 0 bridgehead atoms. The summed E-state index contributed by atoms with van der Waals surface area (Å²) in [5.41, 5.74) is 1.70. The summed E-state index contributed by atoms with van der Waals surface area (Å²) in [5.74, 6) is 0.376. The molecule has 2 fully saturated rings. The van der Waals surface area contributed by atoms with Gasteiger partial charge in [0.05, 0.1) is 15.7 Å². The Morgan fingerprint density at radius 2 is 1.64 bits per heavy atom. The first-order chi connectivity index (χ1) is 18.5. The van der Waals surface area contributed by atoms with E-state index in [0.29, 0.717) is 44.6 Å². The Labute approximate surface area is 223 Å². The van der Waals surface area contributed by atoms with Crippen LogP contribution in [0.4, 0.5) is 23.8 Å². The zero-order valence-electron chi connectivity index (χ0n) is 20.8. The second kappa shape index (κ2) is 10.5. The summed E-state index contributed by atoms with van der Waals surface area (Å²) in [5, 5.41) is 11.6. The number of hydrogen-bond donors (Lipinski definition) is 2. The third kappa shape index (κ3) is 5.85. The van der Waals surface area contributed by atoms with Crippen molar-refractivity contribution in [2.75, 3.05) is 18.4 Å². The first-order valence-corrected chi connectivity index (χ1v) is 14.1. The molecule has 2 aromatic heterocycles. The average molecular weight is 561 g/mol. The van der Waals surface area contributed by atoms with E-state index in [1.165, 1.54) is 11.0 Å². The largest absolute Gasteiger partial charge is 0.465 e. The standard InChI is InChI=1S/C27H27F3N4O4S/c28-27(29,30)20-3-10-25(32-14-20)33-21-4-8-23(9-5-21)39(37,38)22-6-1-17(2-7-22)18-11-12-31-24(13-18)19-15-34(16-19)26(35)36/h1-3,6-7,10-14,19,21,23H,4-5,8-9,15-16H2,(H,32,33)(H,35,36). The maximum Gasteiger partial charge on any atom is 0.417 e. The van der Waals surface area contributed by atoms with Gasteiger partial charge >= 0.3 is 12.3 Å². The number of carboxylic acid groups (broad SMARTS) is 1. The van der Waals surface area contributed by atoms with Crippen molar-refractivity contribution in [2.24, 2.45) is 0 Å². The number of anilines is 1. The molecule has 39 heavy (non-hydrogen) atoms. The molecule has 1 aliphatic heterocycles. The van der Waals surface area contributed by atoms with Gasteiger partial charge in [-0.2, -0.15) is 13.2 Å². The molecule has 1 saturated heterocycles. The molecule has 12 heteroatoms. The summed E-state index contributed by atoms with van der Waals surface area (Å²) in [6.07, 6.45) is -0.939. The topological polar surface area (TPSA) is 112 Å². The zero-order valence-corrected chi connectivity index (χ0v) is 21.6. The third-order valence-corrected chi connectivity index (χ3v) is 9.70. The molecule has 206 valence electrons. The maximum absolute atomic E-state index is 13.3. The second-order valence-electron chi connectivity index (χ2n) is 9.97. The normalized spacial score (nSPS) is 20.3. The van der Waals surface area contributed by atoms with Gasteiger partial charge in [-0.1, -0.05) is 12.1 Å². The Bertz CT molecular complexity index is 1430. The van der Waals surface area contributed by atoms with E-state index < -0.39 is 32.9 Å². The number of likely N-dealkylation sites (tertiary alicyclic amines) is 1. The van der Waals surface area contributed by atoms with E-state index in [-0.39, 0.29) is 16.9 Å². The van der Waals surface area contributed by atoms with E-state index in [1.807, 2.05) is 12.1 Å². The van der Waals surface area contributed by atoms with Gasteiger partial charge in [0.2, 0.25) is 0 Å². The minimum atomic E-state index is -4.45. The lowest BCUT2D eigenvalue weighted by Crippen LogP contribution is -2.48. The number of rotatable bonds is 6. The van der Waals surface area contributed by atoms with Gasteiger partial charge in [-0.15, -0.1) is 0 Å². The fourth-order valence-corrected chi connectivity index (χ4v) is 6.87. The molecule has 0 unspecified atom stereocenters. The van der Waals surface area contributed by atoms with Crippen LogP contribution in [0.3, 0.4) is 0 Å². The van der Waals surface area contributed by atoms with E-state index in [9.17, 15) is 26.4 Å². The number of sulfone groups is 1. The molecule has 3 aromatic rings. The van der Waals surface area contributed by atoms with Crippen molar-refractivity contribution in [1.82, 2.24) is 14.9 Å². The number of nitrogens with one attached hydrogen (secondary N) is 1. The molecule has 1 aliphatic carbocycles. The highest BCUT2D eigenvalue weighted by molar-refractivity contribution is 7.92. The summed E-state index contributed by atoms with van der Waals surface area (Å²) in [4.78, 5) is 20.8. The van der Waals surface area contributed by atoms with Crippen LogP contribution >= 0.6 is 0 Å². The van der Waals surface area contributed by atoms with Crippen molar-refractivity contribution >= 4 is 21.7 Å². The van der Waals surface area contributed by atoms with Gasteiger partial charge in [-0.25, -0.2) is 18.2 Å². The Kier molecular flexibility index (Phi) is 7.23. The lowest BCUT2D eigenvalue weighted by molar-refractivity contribution is -0.137. The molecule has 5 rings (SSSR count). The van der Waals surface area contributed by atoms with Crippen LogP contribution in [0.25, 0.3) is 11.1 Å². The number of amides is 1. The van der Waals surface area contributed by atoms with Crippen molar-refractivity contribution in [3.8, 4) is 11.1 Å². The molecule has 0 spiro atoms. The SMILES string of the molecule is O=C(O)N1CC(c2cc(-c3ccc(S(=O)(=O)C4CCC(Nc5ccc(C(F)(F)F)cn5)CC4)cc3)ccn2)C1. The number of carbonyl (C=O) groups is 1. The lowest BCUT2D eigenvalue weighted by atomic mass is 9.94. The van der Waals surface area contributed by atoms with Gasteiger partial charge in [0, 0.05) is 43.1 Å². The van der Waals surface area contributed by atoms with E-state index in [2.05, 4.69) is 15.3 Å². The number of alkyl halides is 3. The number of hydrogen-bond acceptors (Lipinski definition) is 6. The predicted octanol–water partition coefficient (Wildman–Crippen LogP) is 5.44. The molecule has 3 heterocycles. The molecule has 0 atom stereocenters. The smallest absolute Gasteiger partial charge is 0.417 e. The fourth-order valence-electron chi connectivity index (χ4n) is 5.08. The fraction of sp³-hybridized carbons (Fsp3) is 0.370. The first-order valence-electron chi connectivity index (χ1n) is 12.6. The Morgan fingerprint density at radius 3 is 2.23 bits per heavy atom. The van der Waals surface area contributed by atoms with E-state index in [1.54, 1.807) is 30.5 Å². The van der Waals surface area contributed by atoms with Crippen molar-refractivity contribution < 1.29 is 31.5 Å². The number of pyridine rings is 2. The summed E-state index contributed by atoms with van der Waals surface area (Å²) in [6, 6.07) is 12.7. The van der Waals surface area contributed by atoms with Crippen LogP contribution < -0.4 is 5.32 Å². The monoisotopic (exact) mass is 560 g/mol. The molecule has 2 aliphatic rings. The summed E-state index contributed by atoms with van der Waals surface area (Å²) in [6.45, 7) is 0.809. The van der Waals surface area contributed by atoms with Crippen LogP contribution in [0.15, 0.2) is 65.8 Å². The molecule has 1 aromatic carbocycles. The van der Waals surface area contributed by atoms with Gasteiger partial charge in [0.1, 0.15) is 5.82 Å². The van der Waals surface area contributed by atoms with E-state index in [0.717, 1.165) is 29.1 Å². The molecule has 0 radical (unpaired) electrons. The molecular formula is C27H27F3N4O4S. The van der Waals surface area contributed by atoms with Crippen LogP contribution in [0.5, 0.6) is 0 Å². The molecule has 8 nitrogen and oxygen atoms in total.